The van der Waals surface area contributed by atoms with Crippen molar-refractivity contribution in [3.05, 3.63) is 59.7 Å². The number of para-hydroxylation sites is 1. The predicted molar refractivity (Wildman–Crippen MR) is 135 cm³/mol. The summed E-state index contributed by atoms with van der Waals surface area (Å²) in [6.45, 7) is 7.11. The Balaban J connectivity index is 1.48. The highest BCUT2D eigenvalue weighted by molar-refractivity contribution is 8.27. The van der Waals surface area contributed by atoms with Crippen molar-refractivity contribution in [2.45, 2.75) is 20.8 Å². The summed E-state index contributed by atoms with van der Waals surface area (Å²) >= 11 is 1.33. The molecule has 0 radical (unpaired) electrons. The highest BCUT2D eigenvalue weighted by atomic mass is 32.2. The zero-order chi connectivity index (χ0) is 24.1. The van der Waals surface area contributed by atoms with Crippen molar-refractivity contribution in [1.82, 2.24) is 5.01 Å². The number of fused-ring (bicyclic) bond motifs is 1. The minimum atomic E-state index is -0.458. The zero-order valence-electron chi connectivity index (χ0n) is 19.3. The average Bonchev–Trinajstić information content (AvgIpc) is 3.26. The Labute approximate surface area is 202 Å². The molecule has 2 aromatic rings. The first-order valence-electron chi connectivity index (χ1n) is 11.0. The highest BCUT2D eigenvalue weighted by Crippen LogP contribution is 2.33. The van der Waals surface area contributed by atoms with Crippen molar-refractivity contribution in [2.24, 2.45) is 16.0 Å². The molecule has 4 rings (SSSR count). The van der Waals surface area contributed by atoms with E-state index in [9.17, 15) is 4.79 Å². The molecular weight excluding hydrogens is 452 g/mol. The molecule has 0 saturated carbocycles. The van der Waals surface area contributed by atoms with E-state index in [1.165, 1.54) is 16.8 Å². The molecule has 2 heterocycles. The number of hydrazone groups is 1. The van der Waals surface area contributed by atoms with Gasteiger partial charge in [-0.15, -0.1) is 0 Å². The van der Waals surface area contributed by atoms with Gasteiger partial charge in [0.25, 0.3) is 5.91 Å². The molecule has 0 saturated heterocycles. The van der Waals surface area contributed by atoms with Crippen LogP contribution in [-0.2, 0) is 4.79 Å². The van der Waals surface area contributed by atoms with Crippen molar-refractivity contribution in [2.75, 3.05) is 19.8 Å². The van der Waals surface area contributed by atoms with Gasteiger partial charge in [-0.1, -0.05) is 38.1 Å². The molecule has 0 bridgehead atoms. The van der Waals surface area contributed by atoms with Gasteiger partial charge in [0, 0.05) is 5.92 Å². The highest BCUT2D eigenvalue weighted by Gasteiger charge is 2.36. The van der Waals surface area contributed by atoms with Crippen molar-refractivity contribution < 1.29 is 19.0 Å². The van der Waals surface area contributed by atoms with Crippen LogP contribution in [0.25, 0.3) is 6.08 Å². The van der Waals surface area contributed by atoms with Crippen LogP contribution in [0, 0.1) is 11.3 Å². The zero-order valence-corrected chi connectivity index (χ0v) is 20.1. The molecule has 2 aliphatic heterocycles. The molecule has 0 unspecified atom stereocenters. The maximum absolute atomic E-state index is 12.6. The molecule has 8 nitrogen and oxygen atoms in total. The molecule has 176 valence electrons. The predicted octanol–water partition coefficient (Wildman–Crippen LogP) is 4.82. The molecular formula is C25H26N4O4S. The van der Waals surface area contributed by atoms with Crippen LogP contribution in [0.15, 0.2) is 64.2 Å². The third-order valence-electron chi connectivity index (χ3n) is 4.90. The lowest BCUT2D eigenvalue weighted by atomic mass is 10.1. The minimum absolute atomic E-state index is 0.00879. The molecule has 0 aromatic heterocycles. The van der Waals surface area contributed by atoms with Crippen LogP contribution in [0.1, 0.15) is 26.3 Å². The average molecular weight is 479 g/mol. The number of carbonyl (C=O) groups excluding carboxylic acids is 1. The normalized spacial score (nSPS) is 16.5. The number of ether oxygens (including phenoxy) is 3. The summed E-state index contributed by atoms with van der Waals surface area (Å²) in [5, 5.41) is 15.6. The van der Waals surface area contributed by atoms with Crippen LogP contribution >= 0.6 is 11.8 Å². The van der Waals surface area contributed by atoms with Gasteiger partial charge >= 0.3 is 0 Å². The molecule has 0 spiro atoms. The monoisotopic (exact) mass is 478 g/mol. The first-order valence-corrected chi connectivity index (χ1v) is 11.9. The van der Waals surface area contributed by atoms with E-state index in [1.807, 2.05) is 57.2 Å². The number of thioether (sulfide) groups is 1. The Hall–Kier alpha value is -3.59. The third kappa shape index (κ3) is 5.31. The molecule has 1 N–H and O–H groups in total. The third-order valence-corrected chi connectivity index (χ3v) is 6.10. The number of hydrogen-bond donors (Lipinski definition) is 1. The molecule has 0 atom stereocenters. The van der Waals surface area contributed by atoms with Crippen LogP contribution in [0.3, 0.4) is 0 Å². The van der Waals surface area contributed by atoms with Crippen LogP contribution in [0.5, 0.6) is 17.2 Å². The van der Waals surface area contributed by atoms with Crippen molar-refractivity contribution in [3.63, 3.8) is 0 Å². The second kappa shape index (κ2) is 10.6. The summed E-state index contributed by atoms with van der Waals surface area (Å²) in [5.41, 5.74) is 0.869. The maximum atomic E-state index is 12.6. The first-order chi connectivity index (χ1) is 16.5. The van der Waals surface area contributed by atoms with E-state index >= 15 is 0 Å². The molecule has 1 amide bonds. The fourth-order valence-electron chi connectivity index (χ4n) is 3.24. The fraction of sp³-hybridized carbons (Fsp3) is 0.280. The van der Waals surface area contributed by atoms with Crippen molar-refractivity contribution in [1.29, 1.82) is 5.41 Å². The molecule has 9 heteroatoms. The van der Waals surface area contributed by atoms with E-state index in [0.29, 0.717) is 42.1 Å². The van der Waals surface area contributed by atoms with Crippen molar-refractivity contribution >= 4 is 39.8 Å². The topological polar surface area (TPSA) is 96.6 Å². The number of hydrogen-bond acceptors (Lipinski definition) is 7. The Morgan fingerprint density at radius 3 is 2.56 bits per heavy atom. The number of carbonyl (C=O) groups is 1. The van der Waals surface area contributed by atoms with E-state index in [-0.39, 0.29) is 17.3 Å². The minimum Gasteiger partial charge on any atom is -0.490 e. The number of nitrogens with one attached hydrogen (secondary N) is 1. The maximum Gasteiger partial charge on any atom is 0.283 e. The summed E-state index contributed by atoms with van der Waals surface area (Å²) in [6, 6.07) is 14.9. The molecule has 0 aliphatic carbocycles. The van der Waals surface area contributed by atoms with Crippen molar-refractivity contribution in [3.8, 4) is 17.2 Å². The van der Waals surface area contributed by atoms with Gasteiger partial charge < -0.3 is 14.2 Å². The Morgan fingerprint density at radius 1 is 1.06 bits per heavy atom. The number of amidine groups is 2. The Kier molecular flexibility index (Phi) is 7.32. The van der Waals surface area contributed by atoms with Gasteiger partial charge in [0.1, 0.15) is 24.0 Å². The van der Waals surface area contributed by atoms with Crippen LogP contribution in [0.4, 0.5) is 0 Å². The van der Waals surface area contributed by atoms with E-state index in [0.717, 1.165) is 10.8 Å². The van der Waals surface area contributed by atoms with Gasteiger partial charge in [-0.2, -0.15) is 15.1 Å². The number of aliphatic imine (C=N–C) groups is 1. The lowest BCUT2D eigenvalue weighted by Gasteiger charge is -2.20. The fourth-order valence-corrected chi connectivity index (χ4v) is 4.13. The van der Waals surface area contributed by atoms with Gasteiger partial charge in [-0.3, -0.25) is 10.2 Å². The molecule has 2 aromatic carbocycles. The Bertz CT molecular complexity index is 1170. The SMILES string of the molecule is CCOc1cc(C=C2C(=N)N3N=C(C(C)C)SC3=NC2=O)ccc1OCCOc1ccccc1. The lowest BCUT2D eigenvalue weighted by Crippen LogP contribution is -2.35. The van der Waals surface area contributed by atoms with Gasteiger partial charge in [-0.05, 0) is 54.6 Å². The summed E-state index contributed by atoms with van der Waals surface area (Å²) in [4.78, 5) is 16.8. The summed E-state index contributed by atoms with van der Waals surface area (Å²) in [6.07, 6.45) is 1.63. The Morgan fingerprint density at radius 2 is 1.82 bits per heavy atom. The van der Waals surface area contributed by atoms with Crippen LogP contribution in [0.2, 0.25) is 0 Å². The van der Waals surface area contributed by atoms with Crippen LogP contribution in [-0.4, -0.2) is 46.8 Å². The number of nitrogens with zero attached hydrogens (tertiary/aromatic N) is 3. The van der Waals surface area contributed by atoms with E-state index in [4.69, 9.17) is 19.6 Å². The van der Waals surface area contributed by atoms with E-state index < -0.39 is 5.91 Å². The second-order valence-corrected chi connectivity index (χ2v) is 8.75. The van der Waals surface area contributed by atoms with Gasteiger partial charge in [0.15, 0.2) is 17.3 Å². The lowest BCUT2D eigenvalue weighted by molar-refractivity contribution is -0.114. The standard InChI is InChI=1S/C25H26N4O4S/c1-4-31-21-15-17(10-11-20(21)33-13-12-32-18-8-6-5-7-9-18)14-19-22(26)29-25(27-23(19)30)34-24(28-29)16(2)3/h5-11,14-16,26H,4,12-13H2,1-3H3. The van der Waals surface area contributed by atoms with E-state index in [2.05, 4.69) is 10.1 Å². The quantitative estimate of drug-likeness (QED) is 0.410. The van der Waals surface area contributed by atoms with E-state index in [1.54, 1.807) is 18.2 Å². The number of benzene rings is 2. The summed E-state index contributed by atoms with van der Waals surface area (Å²) < 4.78 is 17.3. The smallest absolute Gasteiger partial charge is 0.283 e. The van der Waals surface area contributed by atoms with Gasteiger partial charge in [-0.25, -0.2) is 0 Å². The van der Waals surface area contributed by atoms with Crippen LogP contribution < -0.4 is 14.2 Å². The molecule has 0 fully saturated rings. The second-order valence-electron chi connectivity index (χ2n) is 7.76. The molecule has 34 heavy (non-hydrogen) atoms. The van der Waals surface area contributed by atoms with Gasteiger partial charge in [0.05, 0.1) is 12.2 Å². The van der Waals surface area contributed by atoms with Gasteiger partial charge in [0.2, 0.25) is 5.17 Å². The molecule has 2 aliphatic rings. The number of rotatable bonds is 9. The summed E-state index contributed by atoms with van der Waals surface area (Å²) in [5.74, 6) is 1.65. The summed E-state index contributed by atoms with van der Waals surface area (Å²) in [7, 11) is 0. The largest absolute Gasteiger partial charge is 0.490 e. The number of amides is 1. The first kappa shape index (κ1) is 23.6.